The summed E-state index contributed by atoms with van der Waals surface area (Å²) in [6, 6.07) is 19.6. The third-order valence-electron chi connectivity index (χ3n) is 6.95. The number of rotatable bonds is 4. The molecule has 1 fully saturated rings. The molecule has 2 aliphatic rings. The summed E-state index contributed by atoms with van der Waals surface area (Å²) in [7, 11) is 4.29. The first-order valence-electron chi connectivity index (χ1n) is 13.5. The van der Waals surface area contributed by atoms with E-state index in [0.29, 0.717) is 12.4 Å². The van der Waals surface area contributed by atoms with Gasteiger partial charge in [-0.1, -0.05) is 50.2 Å². The van der Waals surface area contributed by atoms with Gasteiger partial charge in [-0.15, -0.1) is 0 Å². The molecule has 0 saturated carbocycles. The molecule has 0 aliphatic carbocycles. The highest BCUT2D eigenvalue weighted by molar-refractivity contribution is 5.87. The summed E-state index contributed by atoms with van der Waals surface area (Å²) in [4.78, 5) is 15.1. The van der Waals surface area contributed by atoms with Crippen LogP contribution in [-0.4, -0.2) is 40.7 Å². The maximum atomic E-state index is 12.8. The molecule has 2 aromatic carbocycles. The largest absolute Gasteiger partial charge is 0.489 e. The predicted molar refractivity (Wildman–Crippen MR) is 153 cm³/mol. The van der Waals surface area contributed by atoms with Gasteiger partial charge in [0.2, 0.25) is 0 Å². The SMILES string of the molecule is C1CCNC1.CC.CN1CCc2c(c3ccc(-n4ccc(OCc5ccccc5)cc4=O)cc3n2C)C1. The molecule has 0 radical (unpaired) electrons. The lowest BCUT2D eigenvalue weighted by molar-refractivity contribution is 0.305. The molecule has 2 aliphatic heterocycles. The second-order valence-electron chi connectivity index (χ2n) is 9.48. The number of benzene rings is 2. The van der Waals surface area contributed by atoms with Crippen molar-refractivity contribution in [2.45, 2.75) is 46.3 Å². The number of fused-ring (bicyclic) bond motifs is 3. The minimum Gasteiger partial charge on any atom is -0.489 e. The van der Waals surface area contributed by atoms with Crippen molar-refractivity contribution in [2.24, 2.45) is 7.05 Å². The van der Waals surface area contributed by atoms with Crippen LogP contribution < -0.4 is 15.6 Å². The monoisotopic (exact) mass is 500 g/mol. The van der Waals surface area contributed by atoms with Crippen LogP contribution >= 0.6 is 0 Å². The number of hydrogen-bond donors (Lipinski definition) is 1. The molecular formula is C31H40N4O2. The van der Waals surface area contributed by atoms with E-state index in [1.54, 1.807) is 16.8 Å². The van der Waals surface area contributed by atoms with Crippen LogP contribution in [0.15, 0.2) is 71.7 Å². The number of likely N-dealkylation sites (N-methyl/N-ethyl adjacent to an activating group) is 1. The van der Waals surface area contributed by atoms with Gasteiger partial charge < -0.3 is 19.5 Å². The van der Waals surface area contributed by atoms with E-state index in [9.17, 15) is 4.79 Å². The number of nitrogens with one attached hydrogen (secondary N) is 1. The van der Waals surface area contributed by atoms with Gasteiger partial charge >= 0.3 is 0 Å². The second-order valence-corrected chi connectivity index (χ2v) is 9.48. The van der Waals surface area contributed by atoms with E-state index in [4.69, 9.17) is 4.74 Å². The number of hydrogen-bond acceptors (Lipinski definition) is 4. The Kier molecular flexibility index (Phi) is 9.20. The summed E-state index contributed by atoms with van der Waals surface area (Å²) < 4.78 is 9.75. The molecule has 6 nitrogen and oxygen atoms in total. The molecular weight excluding hydrogens is 460 g/mol. The van der Waals surface area contributed by atoms with Crippen LogP contribution in [0.3, 0.4) is 0 Å². The van der Waals surface area contributed by atoms with Gasteiger partial charge in [-0.05, 0) is 62.3 Å². The molecule has 0 atom stereocenters. The highest BCUT2D eigenvalue weighted by atomic mass is 16.5. The minimum atomic E-state index is -0.0985. The van der Waals surface area contributed by atoms with Crippen LogP contribution in [0.2, 0.25) is 0 Å². The zero-order valence-electron chi connectivity index (χ0n) is 22.7. The molecule has 0 unspecified atom stereocenters. The molecule has 0 amide bonds. The topological polar surface area (TPSA) is 51.4 Å². The first-order chi connectivity index (χ1) is 18.1. The predicted octanol–water partition coefficient (Wildman–Crippen LogP) is 5.29. The maximum Gasteiger partial charge on any atom is 0.258 e. The van der Waals surface area contributed by atoms with Crippen molar-refractivity contribution < 1.29 is 4.74 Å². The van der Waals surface area contributed by atoms with Gasteiger partial charge in [0.25, 0.3) is 5.56 Å². The Hall–Kier alpha value is -3.35. The zero-order valence-corrected chi connectivity index (χ0v) is 22.7. The van der Waals surface area contributed by atoms with E-state index in [1.807, 2.05) is 56.3 Å². The Morgan fingerprint density at radius 2 is 1.70 bits per heavy atom. The van der Waals surface area contributed by atoms with Crippen molar-refractivity contribution in [3.05, 3.63) is 94.0 Å². The van der Waals surface area contributed by atoms with Crippen molar-refractivity contribution in [3.8, 4) is 11.4 Å². The van der Waals surface area contributed by atoms with E-state index in [2.05, 4.69) is 41.0 Å². The summed E-state index contributed by atoms with van der Waals surface area (Å²) in [5.74, 6) is 0.582. The van der Waals surface area contributed by atoms with Crippen LogP contribution in [0.25, 0.3) is 16.6 Å². The quantitative estimate of drug-likeness (QED) is 0.414. The summed E-state index contributed by atoms with van der Waals surface area (Å²) in [5, 5.41) is 4.50. The minimum absolute atomic E-state index is 0.0985. The fourth-order valence-electron chi connectivity index (χ4n) is 4.98. The third-order valence-corrected chi connectivity index (χ3v) is 6.95. The third kappa shape index (κ3) is 6.32. The lowest BCUT2D eigenvalue weighted by Gasteiger charge is -2.23. The van der Waals surface area contributed by atoms with Gasteiger partial charge in [-0.3, -0.25) is 9.36 Å². The lowest BCUT2D eigenvalue weighted by Crippen LogP contribution is -2.26. The molecule has 37 heavy (non-hydrogen) atoms. The highest BCUT2D eigenvalue weighted by Gasteiger charge is 2.21. The van der Waals surface area contributed by atoms with Gasteiger partial charge in [-0.2, -0.15) is 0 Å². The fourth-order valence-corrected chi connectivity index (χ4v) is 4.98. The molecule has 6 heteroatoms. The Labute approximate surface area is 220 Å². The van der Waals surface area contributed by atoms with Crippen molar-refractivity contribution in [1.29, 1.82) is 0 Å². The van der Waals surface area contributed by atoms with Crippen molar-refractivity contribution >= 4 is 10.9 Å². The second kappa shape index (κ2) is 12.7. The van der Waals surface area contributed by atoms with E-state index >= 15 is 0 Å². The number of aromatic nitrogens is 2. The maximum absolute atomic E-state index is 12.8. The molecule has 1 saturated heterocycles. The Balaban J connectivity index is 0.000000403. The molecule has 0 spiro atoms. The van der Waals surface area contributed by atoms with Gasteiger partial charge in [0.1, 0.15) is 12.4 Å². The summed E-state index contributed by atoms with van der Waals surface area (Å²) in [6.45, 7) is 8.99. The number of ether oxygens (including phenoxy) is 1. The normalized spacial score (nSPS) is 14.8. The van der Waals surface area contributed by atoms with Gasteiger partial charge in [-0.25, -0.2) is 0 Å². The van der Waals surface area contributed by atoms with E-state index in [-0.39, 0.29) is 5.56 Å². The van der Waals surface area contributed by atoms with Crippen LogP contribution in [-0.2, 0) is 26.6 Å². The van der Waals surface area contributed by atoms with Crippen LogP contribution in [0, 0.1) is 0 Å². The average molecular weight is 501 g/mol. The van der Waals surface area contributed by atoms with Gasteiger partial charge in [0.15, 0.2) is 0 Å². The Morgan fingerprint density at radius 1 is 0.946 bits per heavy atom. The number of pyridine rings is 1. The molecule has 4 heterocycles. The Morgan fingerprint density at radius 3 is 2.38 bits per heavy atom. The molecule has 196 valence electrons. The smallest absolute Gasteiger partial charge is 0.258 e. The summed E-state index contributed by atoms with van der Waals surface area (Å²) in [5.41, 5.74) is 5.82. The van der Waals surface area contributed by atoms with E-state index < -0.39 is 0 Å². The number of nitrogens with zero attached hydrogens (tertiary/aromatic N) is 3. The van der Waals surface area contributed by atoms with Crippen molar-refractivity contribution in [2.75, 3.05) is 26.7 Å². The zero-order chi connectivity index (χ0) is 26.2. The Bertz CT molecular complexity index is 1350. The van der Waals surface area contributed by atoms with E-state index in [1.165, 1.54) is 48.1 Å². The van der Waals surface area contributed by atoms with Crippen LogP contribution in [0.4, 0.5) is 0 Å². The van der Waals surface area contributed by atoms with Gasteiger partial charge in [0.05, 0.1) is 11.2 Å². The molecule has 0 bridgehead atoms. The van der Waals surface area contributed by atoms with Crippen LogP contribution in [0.1, 0.15) is 43.5 Å². The molecule has 2 aromatic heterocycles. The standard InChI is InChI=1S/C25H25N3O2.C4H9N.C2H6/c1-26-12-11-23-22(16-26)21-9-8-19(14-24(21)27(23)2)28-13-10-20(15-25(28)29)30-17-18-6-4-3-5-7-18;1-2-4-5-3-1;1-2/h3-10,13-15H,11-12,16-17H2,1-2H3;5H,1-4H2;1-2H3. The fraction of sp³-hybridized carbons (Fsp3) is 0.387. The van der Waals surface area contributed by atoms with Gasteiger partial charge in [0, 0.05) is 49.9 Å². The average Bonchev–Trinajstić information content (AvgIpc) is 3.61. The van der Waals surface area contributed by atoms with Crippen molar-refractivity contribution in [1.82, 2.24) is 19.4 Å². The molecule has 6 rings (SSSR count). The lowest BCUT2D eigenvalue weighted by atomic mass is 10.0. The highest BCUT2D eigenvalue weighted by Crippen LogP contribution is 2.31. The first kappa shape index (κ1) is 26.7. The molecule has 1 N–H and O–H groups in total. The van der Waals surface area contributed by atoms with Crippen molar-refractivity contribution in [3.63, 3.8) is 0 Å². The molecule has 4 aromatic rings. The van der Waals surface area contributed by atoms with E-state index in [0.717, 1.165) is 30.8 Å². The summed E-state index contributed by atoms with van der Waals surface area (Å²) >= 11 is 0. The summed E-state index contributed by atoms with van der Waals surface area (Å²) in [6.07, 6.45) is 5.63. The van der Waals surface area contributed by atoms with Crippen LogP contribution in [0.5, 0.6) is 5.75 Å². The number of aryl methyl sites for hydroxylation is 1. The first-order valence-corrected chi connectivity index (χ1v) is 13.5.